The first kappa shape index (κ1) is 14.8. The van der Waals surface area contributed by atoms with Crippen LogP contribution in [0.4, 0.5) is 0 Å². The summed E-state index contributed by atoms with van der Waals surface area (Å²) in [5, 5.41) is 7.68. The molecule has 2 aromatic rings. The van der Waals surface area contributed by atoms with Crippen LogP contribution in [0.1, 0.15) is 48.0 Å². The Balaban J connectivity index is 1.72. The second-order valence-corrected chi connectivity index (χ2v) is 6.60. The number of nitrogens with zero attached hydrogens (tertiary/aromatic N) is 4. The van der Waals surface area contributed by atoms with Gasteiger partial charge in [0.1, 0.15) is 0 Å². The maximum atomic E-state index is 5.63. The highest BCUT2D eigenvalue weighted by atomic mass is 16.5. The quantitative estimate of drug-likeness (QED) is 0.917. The molecule has 1 fully saturated rings. The monoisotopic (exact) mass is 313 g/mol. The Labute approximate surface area is 136 Å². The molecule has 1 saturated heterocycles. The van der Waals surface area contributed by atoms with Crippen LogP contribution >= 0.6 is 0 Å². The van der Waals surface area contributed by atoms with Gasteiger partial charge in [-0.2, -0.15) is 4.98 Å². The normalized spacial score (nSPS) is 22.1. The van der Waals surface area contributed by atoms with Gasteiger partial charge in [0, 0.05) is 24.0 Å². The van der Waals surface area contributed by atoms with Crippen molar-refractivity contribution in [3.63, 3.8) is 0 Å². The van der Waals surface area contributed by atoms with Crippen LogP contribution in [0.5, 0.6) is 0 Å². The maximum absolute atomic E-state index is 5.63. The summed E-state index contributed by atoms with van der Waals surface area (Å²) >= 11 is 0. The highest BCUT2D eigenvalue weighted by Crippen LogP contribution is 2.32. The molecule has 6 nitrogen and oxygen atoms in total. The van der Waals surface area contributed by atoms with Crippen molar-refractivity contribution in [3.8, 4) is 11.4 Å². The zero-order valence-corrected chi connectivity index (χ0v) is 13.8. The summed E-state index contributed by atoms with van der Waals surface area (Å²) in [5.41, 5.74) is 4.62. The summed E-state index contributed by atoms with van der Waals surface area (Å²) in [6.45, 7) is 4.97. The Bertz CT molecular complexity index is 711. The van der Waals surface area contributed by atoms with Crippen molar-refractivity contribution in [2.24, 2.45) is 0 Å². The third-order valence-electron chi connectivity index (χ3n) is 5.05. The molecule has 0 saturated carbocycles. The van der Waals surface area contributed by atoms with Crippen LogP contribution in [0.2, 0.25) is 0 Å². The molecule has 4 heterocycles. The topological polar surface area (TPSA) is 67.1 Å². The van der Waals surface area contributed by atoms with Crippen molar-refractivity contribution in [1.29, 1.82) is 0 Å². The molecule has 4 rings (SSSR count). The Morgan fingerprint density at radius 2 is 2.26 bits per heavy atom. The lowest BCUT2D eigenvalue weighted by atomic mass is 9.95. The van der Waals surface area contributed by atoms with Gasteiger partial charge < -0.3 is 9.84 Å². The van der Waals surface area contributed by atoms with E-state index in [1.54, 1.807) is 0 Å². The zero-order valence-electron chi connectivity index (χ0n) is 13.8. The molecule has 23 heavy (non-hydrogen) atoms. The van der Waals surface area contributed by atoms with Crippen LogP contribution in [0.15, 0.2) is 10.7 Å². The SMILES string of the molecule is Cc1ncc2c(c1-c1noc([C@H]3CCCCN3C)n1)CCNC2. The first-order valence-corrected chi connectivity index (χ1v) is 8.46. The van der Waals surface area contributed by atoms with Gasteiger partial charge in [-0.25, -0.2) is 0 Å². The number of aromatic nitrogens is 3. The first-order chi connectivity index (χ1) is 11.2. The predicted molar refractivity (Wildman–Crippen MR) is 86.9 cm³/mol. The first-order valence-electron chi connectivity index (χ1n) is 8.46. The summed E-state index contributed by atoms with van der Waals surface area (Å²) in [6, 6.07) is 0.250. The standard InChI is InChI=1S/C17H23N5O/c1-11-15(13-6-7-18-9-12(13)10-19-11)16-20-17(23-21-16)14-5-3-4-8-22(14)2/h10,14,18H,3-9H2,1-2H3/t14-/m1/s1. The molecule has 0 unspecified atom stereocenters. The van der Waals surface area contributed by atoms with E-state index in [0.29, 0.717) is 5.82 Å². The van der Waals surface area contributed by atoms with Crippen LogP contribution in [0.25, 0.3) is 11.4 Å². The summed E-state index contributed by atoms with van der Waals surface area (Å²) in [6.07, 6.45) is 6.51. The van der Waals surface area contributed by atoms with Crippen molar-refractivity contribution < 1.29 is 4.52 Å². The van der Waals surface area contributed by atoms with Gasteiger partial charge in [0.25, 0.3) is 0 Å². The van der Waals surface area contributed by atoms with E-state index in [2.05, 4.69) is 27.4 Å². The van der Waals surface area contributed by atoms with Crippen molar-refractivity contribution in [2.75, 3.05) is 20.1 Å². The molecular weight excluding hydrogens is 290 g/mol. The van der Waals surface area contributed by atoms with Gasteiger partial charge in [0.05, 0.1) is 6.04 Å². The molecule has 2 aromatic heterocycles. The highest BCUT2D eigenvalue weighted by Gasteiger charge is 2.27. The van der Waals surface area contributed by atoms with Crippen LogP contribution in [-0.4, -0.2) is 40.2 Å². The molecule has 2 aliphatic rings. The Morgan fingerprint density at radius 3 is 3.13 bits per heavy atom. The molecule has 0 amide bonds. The predicted octanol–water partition coefficient (Wildman–Crippen LogP) is 2.24. The van der Waals surface area contributed by atoms with E-state index in [1.807, 2.05) is 13.1 Å². The van der Waals surface area contributed by atoms with E-state index in [4.69, 9.17) is 9.51 Å². The van der Waals surface area contributed by atoms with Gasteiger partial charge in [-0.05, 0) is 57.5 Å². The molecule has 0 bridgehead atoms. The Kier molecular flexibility index (Phi) is 3.87. The summed E-state index contributed by atoms with van der Waals surface area (Å²) in [4.78, 5) is 11.6. The van der Waals surface area contributed by atoms with Crippen LogP contribution in [0, 0.1) is 6.92 Å². The number of pyridine rings is 1. The Hall–Kier alpha value is -1.79. The molecule has 0 aromatic carbocycles. The maximum Gasteiger partial charge on any atom is 0.244 e. The van der Waals surface area contributed by atoms with Crippen LogP contribution in [0.3, 0.4) is 0 Å². The van der Waals surface area contributed by atoms with E-state index in [-0.39, 0.29) is 6.04 Å². The molecule has 0 spiro atoms. The van der Waals surface area contributed by atoms with Gasteiger partial charge >= 0.3 is 0 Å². The smallest absolute Gasteiger partial charge is 0.244 e. The minimum Gasteiger partial charge on any atom is -0.337 e. The van der Waals surface area contributed by atoms with E-state index in [1.165, 1.54) is 24.0 Å². The number of fused-ring (bicyclic) bond motifs is 1. The van der Waals surface area contributed by atoms with E-state index in [0.717, 1.165) is 49.6 Å². The molecular formula is C17H23N5O. The Morgan fingerprint density at radius 1 is 1.35 bits per heavy atom. The fourth-order valence-electron chi connectivity index (χ4n) is 3.73. The summed E-state index contributed by atoms with van der Waals surface area (Å²) < 4.78 is 5.63. The van der Waals surface area contributed by atoms with Crippen molar-refractivity contribution >= 4 is 0 Å². The van der Waals surface area contributed by atoms with Crippen molar-refractivity contribution in [3.05, 3.63) is 28.9 Å². The third-order valence-corrected chi connectivity index (χ3v) is 5.05. The zero-order chi connectivity index (χ0) is 15.8. The van der Waals surface area contributed by atoms with Gasteiger partial charge in [-0.15, -0.1) is 0 Å². The number of hydrogen-bond donors (Lipinski definition) is 1. The van der Waals surface area contributed by atoms with E-state index >= 15 is 0 Å². The van der Waals surface area contributed by atoms with Gasteiger partial charge in [0.2, 0.25) is 11.7 Å². The minimum atomic E-state index is 0.250. The summed E-state index contributed by atoms with van der Waals surface area (Å²) in [5.74, 6) is 1.44. The second kappa shape index (κ2) is 6.02. The largest absolute Gasteiger partial charge is 0.337 e. The minimum absolute atomic E-state index is 0.250. The molecule has 122 valence electrons. The van der Waals surface area contributed by atoms with Gasteiger partial charge in [0.15, 0.2) is 0 Å². The lowest BCUT2D eigenvalue weighted by Crippen LogP contribution is -2.29. The molecule has 0 aliphatic carbocycles. The lowest BCUT2D eigenvalue weighted by Gasteiger charge is -2.29. The van der Waals surface area contributed by atoms with E-state index in [9.17, 15) is 0 Å². The highest BCUT2D eigenvalue weighted by molar-refractivity contribution is 5.64. The fourth-order valence-corrected chi connectivity index (χ4v) is 3.73. The van der Waals surface area contributed by atoms with Gasteiger partial charge in [-0.1, -0.05) is 11.6 Å². The lowest BCUT2D eigenvalue weighted by molar-refractivity contribution is 0.150. The number of hydrogen-bond acceptors (Lipinski definition) is 6. The second-order valence-electron chi connectivity index (χ2n) is 6.60. The fraction of sp³-hybridized carbons (Fsp3) is 0.588. The van der Waals surface area contributed by atoms with Crippen molar-refractivity contribution in [2.45, 2.75) is 45.2 Å². The number of aryl methyl sites for hydroxylation is 1. The number of rotatable bonds is 2. The molecule has 1 N–H and O–H groups in total. The molecule has 2 aliphatic heterocycles. The van der Waals surface area contributed by atoms with Crippen LogP contribution < -0.4 is 5.32 Å². The average molecular weight is 313 g/mol. The average Bonchev–Trinajstić information content (AvgIpc) is 3.04. The van der Waals surface area contributed by atoms with Crippen LogP contribution in [-0.2, 0) is 13.0 Å². The number of likely N-dealkylation sites (tertiary alicyclic amines) is 1. The molecule has 0 radical (unpaired) electrons. The number of nitrogens with one attached hydrogen (secondary N) is 1. The number of piperidine rings is 1. The van der Waals surface area contributed by atoms with E-state index < -0.39 is 0 Å². The van der Waals surface area contributed by atoms with Crippen molar-refractivity contribution in [1.82, 2.24) is 25.3 Å². The summed E-state index contributed by atoms with van der Waals surface area (Å²) in [7, 11) is 2.14. The van der Waals surface area contributed by atoms with Gasteiger partial charge in [-0.3, -0.25) is 9.88 Å². The molecule has 1 atom stereocenters. The molecule has 6 heteroatoms. The third kappa shape index (κ3) is 2.66.